The highest BCUT2D eigenvalue weighted by atomic mass is 32.1. The Morgan fingerprint density at radius 2 is 1.68 bits per heavy atom. The zero-order valence-electron chi connectivity index (χ0n) is 19.2. The number of anilines is 1. The third-order valence-electron chi connectivity index (χ3n) is 6.79. The molecule has 0 aliphatic heterocycles. The predicted molar refractivity (Wildman–Crippen MR) is 137 cm³/mol. The van der Waals surface area contributed by atoms with Crippen molar-refractivity contribution in [2.45, 2.75) is 78.4 Å². The van der Waals surface area contributed by atoms with Gasteiger partial charge < -0.3 is 14.8 Å². The molecule has 1 fully saturated rings. The molecule has 0 bridgehead atoms. The molecule has 4 rings (SSSR count). The quantitative estimate of drug-likeness (QED) is 0.339. The maximum atomic E-state index is 6.07. The Morgan fingerprint density at radius 3 is 2.35 bits per heavy atom. The van der Waals surface area contributed by atoms with E-state index in [4.69, 9.17) is 12.2 Å². The van der Waals surface area contributed by atoms with E-state index < -0.39 is 0 Å². The minimum absolute atomic E-state index is 0.496. The van der Waals surface area contributed by atoms with E-state index >= 15 is 0 Å². The maximum absolute atomic E-state index is 6.07. The van der Waals surface area contributed by atoms with Crippen LogP contribution in [0.4, 0.5) is 5.69 Å². The highest BCUT2D eigenvalue weighted by Crippen LogP contribution is 2.29. The molecule has 3 aromatic rings. The summed E-state index contributed by atoms with van der Waals surface area (Å²) in [5, 5.41) is 5.84. The van der Waals surface area contributed by atoms with Crippen LogP contribution < -0.4 is 5.32 Å². The van der Waals surface area contributed by atoms with Gasteiger partial charge in [-0.1, -0.05) is 62.1 Å². The lowest BCUT2D eigenvalue weighted by atomic mass is 10.1. The molecule has 31 heavy (non-hydrogen) atoms. The second-order valence-corrected chi connectivity index (χ2v) is 9.31. The minimum atomic E-state index is 0.496. The molecule has 4 heteroatoms. The predicted octanol–water partition coefficient (Wildman–Crippen LogP) is 7.20. The van der Waals surface area contributed by atoms with Crippen LogP contribution in [0.1, 0.15) is 62.1 Å². The summed E-state index contributed by atoms with van der Waals surface area (Å²) in [5.41, 5.74) is 6.32. The summed E-state index contributed by atoms with van der Waals surface area (Å²) in [6.07, 6.45) is 10.1. The first-order valence-electron chi connectivity index (χ1n) is 11.8. The molecule has 0 saturated heterocycles. The summed E-state index contributed by atoms with van der Waals surface area (Å²) in [4.78, 5) is 2.48. The van der Waals surface area contributed by atoms with Crippen molar-refractivity contribution in [1.29, 1.82) is 0 Å². The number of thiocarbonyl (C=S) groups is 1. The van der Waals surface area contributed by atoms with Crippen LogP contribution in [0.25, 0.3) is 10.9 Å². The standard InChI is InChI=1S/C27H35N3S/c1-4-29-18-22(24-16-9-10-17-25(24)29)19-30(23-14-7-5-6-8-15-23)27(31)28-26-20(2)12-11-13-21(26)3/h9-13,16-18,23H,4-8,14-15,19H2,1-3H3,(H,28,31). The number of hydrogen-bond donors (Lipinski definition) is 1. The van der Waals surface area contributed by atoms with Crippen LogP contribution in [0, 0.1) is 13.8 Å². The van der Waals surface area contributed by atoms with Gasteiger partial charge in [-0.2, -0.15) is 0 Å². The first kappa shape index (κ1) is 21.9. The summed E-state index contributed by atoms with van der Waals surface area (Å²) >= 11 is 6.07. The molecule has 1 aliphatic rings. The van der Waals surface area contributed by atoms with Crippen LogP contribution in [-0.2, 0) is 13.1 Å². The van der Waals surface area contributed by atoms with Gasteiger partial charge in [0.15, 0.2) is 5.11 Å². The zero-order valence-corrected chi connectivity index (χ0v) is 20.0. The topological polar surface area (TPSA) is 20.2 Å². The van der Waals surface area contributed by atoms with Crippen LogP contribution in [0.15, 0.2) is 48.7 Å². The van der Waals surface area contributed by atoms with Crippen molar-refractivity contribution in [3.8, 4) is 0 Å². The maximum Gasteiger partial charge on any atom is 0.173 e. The molecule has 0 unspecified atom stereocenters. The van der Waals surface area contributed by atoms with E-state index in [0.29, 0.717) is 6.04 Å². The SMILES string of the molecule is CCn1cc(CN(C(=S)Nc2c(C)cccc2C)C2CCCCCC2)c2ccccc21. The summed E-state index contributed by atoms with van der Waals surface area (Å²) in [5.74, 6) is 0. The number of nitrogens with zero attached hydrogens (tertiary/aromatic N) is 2. The molecular weight excluding hydrogens is 398 g/mol. The van der Waals surface area contributed by atoms with Crippen molar-refractivity contribution in [2.24, 2.45) is 0 Å². The van der Waals surface area contributed by atoms with Gasteiger partial charge in [0, 0.05) is 41.9 Å². The van der Waals surface area contributed by atoms with Crippen LogP contribution in [0.2, 0.25) is 0 Å². The Balaban J connectivity index is 1.67. The lowest BCUT2D eigenvalue weighted by molar-refractivity contribution is 0.281. The van der Waals surface area contributed by atoms with Gasteiger partial charge in [0.1, 0.15) is 0 Å². The monoisotopic (exact) mass is 433 g/mol. The molecule has 0 spiro atoms. The van der Waals surface area contributed by atoms with E-state index in [1.54, 1.807) is 0 Å². The van der Waals surface area contributed by atoms with Crippen LogP contribution in [0.3, 0.4) is 0 Å². The smallest absolute Gasteiger partial charge is 0.173 e. The van der Waals surface area contributed by atoms with E-state index in [2.05, 4.69) is 84.2 Å². The number of nitrogens with one attached hydrogen (secondary N) is 1. The minimum Gasteiger partial charge on any atom is -0.347 e. The summed E-state index contributed by atoms with van der Waals surface area (Å²) < 4.78 is 2.36. The fourth-order valence-electron chi connectivity index (χ4n) is 5.02. The molecule has 164 valence electrons. The van der Waals surface area contributed by atoms with Gasteiger partial charge in [-0.15, -0.1) is 0 Å². The first-order valence-corrected chi connectivity index (χ1v) is 12.2. The summed E-state index contributed by atoms with van der Waals surface area (Å²) in [7, 11) is 0. The molecule has 1 N–H and O–H groups in total. The highest BCUT2D eigenvalue weighted by molar-refractivity contribution is 7.80. The third-order valence-corrected chi connectivity index (χ3v) is 7.13. The number of rotatable bonds is 5. The average Bonchev–Trinajstić information content (AvgIpc) is 2.93. The molecule has 0 radical (unpaired) electrons. The molecule has 0 amide bonds. The zero-order chi connectivity index (χ0) is 21.8. The average molecular weight is 434 g/mol. The van der Waals surface area contributed by atoms with Crippen molar-refractivity contribution < 1.29 is 0 Å². The van der Waals surface area contributed by atoms with E-state index in [0.717, 1.165) is 23.9 Å². The number of aryl methyl sites for hydroxylation is 3. The van der Waals surface area contributed by atoms with Crippen molar-refractivity contribution in [1.82, 2.24) is 9.47 Å². The van der Waals surface area contributed by atoms with E-state index in [1.807, 2.05) is 0 Å². The van der Waals surface area contributed by atoms with E-state index in [9.17, 15) is 0 Å². The van der Waals surface area contributed by atoms with Crippen LogP contribution in [-0.4, -0.2) is 20.6 Å². The second kappa shape index (κ2) is 9.86. The molecule has 2 aromatic carbocycles. The van der Waals surface area contributed by atoms with Crippen molar-refractivity contribution in [3.05, 3.63) is 65.4 Å². The first-order chi connectivity index (χ1) is 15.1. The van der Waals surface area contributed by atoms with E-state index in [-0.39, 0.29) is 0 Å². The Kier molecular flexibility index (Phi) is 6.96. The van der Waals surface area contributed by atoms with Gasteiger partial charge in [0.05, 0.1) is 0 Å². The van der Waals surface area contributed by atoms with Crippen LogP contribution >= 0.6 is 12.2 Å². The van der Waals surface area contributed by atoms with Gasteiger partial charge in [0.25, 0.3) is 0 Å². The van der Waals surface area contributed by atoms with Gasteiger partial charge in [-0.3, -0.25) is 0 Å². The number of hydrogen-bond acceptors (Lipinski definition) is 1. The largest absolute Gasteiger partial charge is 0.347 e. The van der Waals surface area contributed by atoms with Gasteiger partial charge in [-0.25, -0.2) is 0 Å². The summed E-state index contributed by atoms with van der Waals surface area (Å²) in [6.45, 7) is 8.36. The van der Waals surface area contributed by atoms with Crippen molar-refractivity contribution in [2.75, 3.05) is 5.32 Å². The Bertz CT molecular complexity index is 1020. The normalized spacial score (nSPS) is 15.1. The number of fused-ring (bicyclic) bond motifs is 1. The number of aromatic nitrogens is 1. The molecule has 1 aromatic heterocycles. The Hall–Kier alpha value is -2.33. The van der Waals surface area contributed by atoms with Gasteiger partial charge in [0.2, 0.25) is 0 Å². The molecular formula is C27H35N3S. The van der Waals surface area contributed by atoms with Crippen molar-refractivity contribution in [3.63, 3.8) is 0 Å². The fraction of sp³-hybridized carbons (Fsp3) is 0.444. The molecule has 1 heterocycles. The second-order valence-electron chi connectivity index (χ2n) is 8.93. The highest BCUT2D eigenvalue weighted by Gasteiger charge is 2.24. The molecule has 1 saturated carbocycles. The Labute approximate surface area is 192 Å². The van der Waals surface area contributed by atoms with Crippen molar-refractivity contribution >= 4 is 33.9 Å². The molecule has 3 nitrogen and oxygen atoms in total. The molecule has 1 aliphatic carbocycles. The molecule has 0 atom stereocenters. The van der Waals surface area contributed by atoms with Gasteiger partial charge >= 0.3 is 0 Å². The number of para-hydroxylation sites is 2. The lowest BCUT2D eigenvalue weighted by Crippen LogP contribution is -2.42. The fourth-order valence-corrected chi connectivity index (χ4v) is 5.34. The summed E-state index contributed by atoms with van der Waals surface area (Å²) in [6, 6.07) is 15.7. The lowest BCUT2D eigenvalue weighted by Gasteiger charge is -2.34. The van der Waals surface area contributed by atoms with E-state index in [1.165, 1.54) is 66.1 Å². The van der Waals surface area contributed by atoms with Gasteiger partial charge in [-0.05, 0) is 68.6 Å². The number of benzene rings is 2. The van der Waals surface area contributed by atoms with Crippen LogP contribution in [0.5, 0.6) is 0 Å². The Morgan fingerprint density at radius 1 is 1.00 bits per heavy atom. The third kappa shape index (κ3) is 4.79.